The number of nitrogens with one attached hydrogen (secondary N) is 1. The third-order valence-electron chi connectivity index (χ3n) is 5.66. The standard InChI is InChI=1S/C23H29N5O3S2/c1-4-10-28-21(30)19-20(25-22(33-19)27-11-8-15(2)9-12-27)26-23(28)32-14-18(29)24-16-6-5-7-17(13-16)31-3/h5-7,13,15H,4,8-12,14H2,1-3H3,(H,24,29). The molecule has 33 heavy (non-hydrogen) atoms. The second kappa shape index (κ2) is 10.6. The van der Waals surface area contributed by atoms with Gasteiger partial charge in [0.15, 0.2) is 15.9 Å². The van der Waals surface area contributed by atoms with Crippen LogP contribution in [0.3, 0.4) is 0 Å². The molecule has 1 aromatic carbocycles. The van der Waals surface area contributed by atoms with Crippen molar-refractivity contribution in [1.82, 2.24) is 14.5 Å². The number of methoxy groups -OCH3 is 1. The number of benzene rings is 1. The van der Waals surface area contributed by atoms with Crippen molar-refractivity contribution in [2.24, 2.45) is 5.92 Å². The molecule has 4 rings (SSSR count). The maximum atomic E-state index is 13.2. The number of piperidine rings is 1. The van der Waals surface area contributed by atoms with Crippen molar-refractivity contribution in [2.45, 2.75) is 44.8 Å². The fourth-order valence-electron chi connectivity index (χ4n) is 3.77. The Morgan fingerprint density at radius 3 is 2.82 bits per heavy atom. The van der Waals surface area contributed by atoms with E-state index in [-0.39, 0.29) is 17.2 Å². The minimum absolute atomic E-state index is 0.0771. The predicted molar refractivity (Wildman–Crippen MR) is 135 cm³/mol. The van der Waals surface area contributed by atoms with Gasteiger partial charge in [-0.3, -0.25) is 14.2 Å². The number of ether oxygens (including phenoxy) is 1. The van der Waals surface area contributed by atoms with Crippen LogP contribution in [0.1, 0.15) is 33.1 Å². The van der Waals surface area contributed by atoms with Crippen LogP contribution in [0, 0.1) is 5.92 Å². The molecule has 0 atom stereocenters. The van der Waals surface area contributed by atoms with Gasteiger partial charge in [-0.15, -0.1) is 0 Å². The fraction of sp³-hybridized carbons (Fsp3) is 0.478. The average molecular weight is 488 g/mol. The van der Waals surface area contributed by atoms with E-state index in [1.165, 1.54) is 23.1 Å². The highest BCUT2D eigenvalue weighted by Gasteiger charge is 2.22. The Balaban J connectivity index is 1.53. The number of anilines is 2. The zero-order valence-electron chi connectivity index (χ0n) is 19.2. The van der Waals surface area contributed by atoms with Crippen molar-refractivity contribution in [1.29, 1.82) is 0 Å². The lowest BCUT2D eigenvalue weighted by Gasteiger charge is -2.29. The van der Waals surface area contributed by atoms with Gasteiger partial charge in [0.2, 0.25) is 5.91 Å². The average Bonchev–Trinajstić information content (AvgIpc) is 3.25. The number of carbonyl (C=O) groups excluding carboxylic acids is 1. The SMILES string of the molecule is CCCn1c(SCC(=O)Nc2cccc(OC)c2)nc2nc(N3CCC(C)CC3)sc2c1=O. The van der Waals surface area contributed by atoms with Crippen LogP contribution in [0.4, 0.5) is 10.8 Å². The van der Waals surface area contributed by atoms with Crippen LogP contribution < -0.4 is 20.5 Å². The Labute approximate surface area is 201 Å². The highest BCUT2D eigenvalue weighted by Crippen LogP contribution is 2.30. The van der Waals surface area contributed by atoms with E-state index in [2.05, 4.69) is 17.1 Å². The Morgan fingerprint density at radius 2 is 2.09 bits per heavy atom. The molecule has 1 fully saturated rings. The summed E-state index contributed by atoms with van der Waals surface area (Å²) in [5, 5.41) is 4.26. The monoisotopic (exact) mass is 487 g/mol. The molecule has 8 nitrogen and oxygen atoms in total. The molecule has 0 aliphatic carbocycles. The van der Waals surface area contributed by atoms with Gasteiger partial charge >= 0.3 is 0 Å². The molecule has 0 saturated carbocycles. The summed E-state index contributed by atoms with van der Waals surface area (Å²) in [6.45, 7) is 6.75. The van der Waals surface area contributed by atoms with Crippen LogP contribution in [0.2, 0.25) is 0 Å². The molecule has 0 unspecified atom stereocenters. The number of thiazole rings is 1. The highest BCUT2D eigenvalue weighted by atomic mass is 32.2. The van der Waals surface area contributed by atoms with Gasteiger partial charge in [-0.05, 0) is 37.3 Å². The topological polar surface area (TPSA) is 89.3 Å². The Morgan fingerprint density at radius 1 is 1.30 bits per heavy atom. The number of nitrogens with zero attached hydrogens (tertiary/aromatic N) is 4. The summed E-state index contributed by atoms with van der Waals surface area (Å²) >= 11 is 2.69. The summed E-state index contributed by atoms with van der Waals surface area (Å²) in [5.41, 5.74) is 1.06. The predicted octanol–water partition coefficient (Wildman–Crippen LogP) is 4.24. The first-order valence-electron chi connectivity index (χ1n) is 11.2. The van der Waals surface area contributed by atoms with E-state index < -0.39 is 0 Å². The lowest BCUT2D eigenvalue weighted by atomic mass is 10.00. The van der Waals surface area contributed by atoms with Crippen LogP contribution >= 0.6 is 23.1 Å². The first kappa shape index (κ1) is 23.6. The third kappa shape index (κ3) is 5.50. The molecule has 0 spiro atoms. The molecule has 1 amide bonds. The molecule has 1 aliphatic rings. The lowest BCUT2D eigenvalue weighted by Crippen LogP contribution is -2.32. The van der Waals surface area contributed by atoms with Crippen LogP contribution in [0.15, 0.2) is 34.2 Å². The molecule has 176 valence electrons. The van der Waals surface area contributed by atoms with Gasteiger partial charge in [-0.2, -0.15) is 4.98 Å². The zero-order valence-corrected chi connectivity index (χ0v) is 20.8. The number of thioether (sulfide) groups is 1. The molecular formula is C23H29N5O3S2. The summed E-state index contributed by atoms with van der Waals surface area (Å²) in [6, 6.07) is 7.21. The maximum absolute atomic E-state index is 13.2. The quantitative estimate of drug-likeness (QED) is 0.375. The van der Waals surface area contributed by atoms with Crippen molar-refractivity contribution < 1.29 is 9.53 Å². The van der Waals surface area contributed by atoms with Gasteiger partial charge in [0, 0.05) is 31.4 Å². The molecule has 3 heterocycles. The van der Waals surface area contributed by atoms with E-state index in [1.54, 1.807) is 23.8 Å². The molecule has 3 aromatic rings. The van der Waals surface area contributed by atoms with Gasteiger partial charge in [-0.1, -0.05) is 43.0 Å². The van der Waals surface area contributed by atoms with Crippen LogP contribution in [0.5, 0.6) is 5.75 Å². The lowest BCUT2D eigenvalue weighted by molar-refractivity contribution is -0.113. The second-order valence-electron chi connectivity index (χ2n) is 8.24. The van der Waals surface area contributed by atoms with Crippen molar-refractivity contribution in [3.8, 4) is 5.75 Å². The number of fused-ring (bicyclic) bond motifs is 1. The summed E-state index contributed by atoms with van der Waals surface area (Å²) in [7, 11) is 1.58. The van der Waals surface area contributed by atoms with E-state index in [9.17, 15) is 9.59 Å². The summed E-state index contributed by atoms with van der Waals surface area (Å²) in [6.07, 6.45) is 3.06. The fourth-order valence-corrected chi connectivity index (χ4v) is 5.59. The summed E-state index contributed by atoms with van der Waals surface area (Å²) in [5.74, 6) is 1.36. The van der Waals surface area contributed by atoms with Gasteiger partial charge in [0.1, 0.15) is 10.4 Å². The molecule has 0 radical (unpaired) electrons. The van der Waals surface area contributed by atoms with Gasteiger partial charge < -0.3 is 15.0 Å². The Kier molecular flexibility index (Phi) is 7.54. The minimum atomic E-state index is -0.174. The van der Waals surface area contributed by atoms with Crippen molar-refractivity contribution >= 4 is 50.2 Å². The Hall–Kier alpha value is -2.59. The van der Waals surface area contributed by atoms with E-state index in [0.717, 1.165) is 43.4 Å². The molecule has 1 aliphatic heterocycles. The van der Waals surface area contributed by atoms with Crippen LogP contribution in [0.25, 0.3) is 10.3 Å². The summed E-state index contributed by atoms with van der Waals surface area (Å²) in [4.78, 5) is 37.4. The van der Waals surface area contributed by atoms with Gasteiger partial charge in [0.25, 0.3) is 5.56 Å². The number of hydrogen-bond acceptors (Lipinski definition) is 8. The first-order valence-corrected chi connectivity index (χ1v) is 13.0. The summed E-state index contributed by atoms with van der Waals surface area (Å²) < 4.78 is 7.46. The molecule has 2 aromatic heterocycles. The van der Waals surface area contributed by atoms with E-state index in [4.69, 9.17) is 14.7 Å². The molecule has 0 bridgehead atoms. The number of aromatic nitrogens is 3. The van der Waals surface area contributed by atoms with Crippen LogP contribution in [-0.2, 0) is 11.3 Å². The minimum Gasteiger partial charge on any atom is -0.497 e. The zero-order chi connectivity index (χ0) is 23.4. The number of rotatable bonds is 8. The van der Waals surface area contributed by atoms with Gasteiger partial charge in [0.05, 0.1) is 12.9 Å². The third-order valence-corrected chi connectivity index (χ3v) is 7.73. The van der Waals surface area contributed by atoms with E-state index >= 15 is 0 Å². The number of amides is 1. The smallest absolute Gasteiger partial charge is 0.273 e. The molecule has 1 saturated heterocycles. The van der Waals surface area contributed by atoms with E-state index in [0.29, 0.717) is 33.5 Å². The Bertz CT molecular complexity index is 1180. The largest absolute Gasteiger partial charge is 0.497 e. The maximum Gasteiger partial charge on any atom is 0.273 e. The first-order chi connectivity index (χ1) is 16.0. The van der Waals surface area contributed by atoms with E-state index in [1.807, 2.05) is 19.1 Å². The van der Waals surface area contributed by atoms with Gasteiger partial charge in [-0.25, -0.2) is 4.98 Å². The highest BCUT2D eigenvalue weighted by molar-refractivity contribution is 7.99. The number of carbonyl (C=O) groups is 1. The van der Waals surface area contributed by atoms with Crippen molar-refractivity contribution in [2.75, 3.05) is 36.2 Å². The molecular weight excluding hydrogens is 458 g/mol. The molecule has 1 N–H and O–H groups in total. The second-order valence-corrected chi connectivity index (χ2v) is 10.2. The van der Waals surface area contributed by atoms with Crippen molar-refractivity contribution in [3.05, 3.63) is 34.6 Å². The van der Waals surface area contributed by atoms with Crippen molar-refractivity contribution in [3.63, 3.8) is 0 Å². The molecule has 10 heteroatoms. The number of hydrogen-bond donors (Lipinski definition) is 1. The normalized spacial score (nSPS) is 14.6. The van der Waals surface area contributed by atoms with Crippen LogP contribution in [-0.4, -0.2) is 46.4 Å².